The normalized spacial score (nSPS) is 10.5. The number of hydrogen-bond acceptors (Lipinski definition) is 3. The van der Waals surface area contributed by atoms with E-state index in [0.717, 1.165) is 33.8 Å². The van der Waals surface area contributed by atoms with Crippen LogP contribution in [0.3, 0.4) is 0 Å². The molecule has 0 radical (unpaired) electrons. The van der Waals surface area contributed by atoms with Gasteiger partial charge in [-0.2, -0.15) is 0 Å². The molecular formula is C22H25ClO3. The molecule has 0 aromatic heterocycles. The van der Waals surface area contributed by atoms with Gasteiger partial charge in [-0.05, 0) is 47.4 Å². The van der Waals surface area contributed by atoms with Crippen LogP contribution in [0.5, 0.6) is 11.5 Å². The Labute approximate surface area is 160 Å². The van der Waals surface area contributed by atoms with E-state index < -0.39 is 0 Å². The Morgan fingerprint density at radius 2 is 1.31 bits per heavy atom. The zero-order chi connectivity index (χ0) is 19.1. The Bertz CT molecular complexity index is 709. The van der Waals surface area contributed by atoms with Crippen LogP contribution in [0.15, 0.2) is 54.1 Å². The van der Waals surface area contributed by atoms with Crippen LogP contribution in [0, 0.1) is 5.92 Å². The summed E-state index contributed by atoms with van der Waals surface area (Å²) < 4.78 is 10.5. The van der Waals surface area contributed by atoms with Crippen molar-refractivity contribution < 1.29 is 14.3 Å². The second-order valence-corrected chi connectivity index (χ2v) is 6.65. The molecule has 2 aromatic rings. The maximum atomic E-state index is 12.9. The monoisotopic (exact) mass is 372 g/mol. The first kappa shape index (κ1) is 20.1. The third-order valence-corrected chi connectivity index (χ3v) is 4.41. The van der Waals surface area contributed by atoms with Crippen LogP contribution in [0.25, 0.3) is 5.57 Å². The van der Waals surface area contributed by atoms with Crippen molar-refractivity contribution in [3.05, 3.63) is 65.2 Å². The number of carbonyl (C=O) groups excluding carboxylic acids is 1. The molecule has 0 fully saturated rings. The molecule has 138 valence electrons. The number of carbonyl (C=O) groups is 1. The van der Waals surface area contributed by atoms with E-state index in [0.29, 0.717) is 12.3 Å². The molecule has 0 saturated carbocycles. The Morgan fingerprint density at radius 1 is 0.885 bits per heavy atom. The first-order chi connectivity index (χ1) is 12.5. The lowest BCUT2D eigenvalue weighted by molar-refractivity contribution is -0.118. The van der Waals surface area contributed by atoms with Crippen LogP contribution in [-0.4, -0.2) is 25.9 Å². The van der Waals surface area contributed by atoms with Crippen LogP contribution in [0.2, 0.25) is 0 Å². The van der Waals surface area contributed by atoms with Crippen molar-refractivity contribution in [1.82, 2.24) is 0 Å². The summed E-state index contributed by atoms with van der Waals surface area (Å²) in [5.41, 5.74) is 3.59. The summed E-state index contributed by atoms with van der Waals surface area (Å²) in [5, 5.41) is 0. The van der Waals surface area contributed by atoms with E-state index in [-0.39, 0.29) is 11.7 Å². The predicted molar refractivity (Wildman–Crippen MR) is 107 cm³/mol. The smallest absolute Gasteiger partial charge is 0.162 e. The quantitative estimate of drug-likeness (QED) is 0.462. The average Bonchev–Trinajstić information content (AvgIpc) is 2.68. The predicted octanol–water partition coefficient (Wildman–Crippen LogP) is 5.36. The molecule has 0 aliphatic rings. The van der Waals surface area contributed by atoms with Crippen molar-refractivity contribution in [1.29, 1.82) is 0 Å². The zero-order valence-corrected chi connectivity index (χ0v) is 16.5. The largest absolute Gasteiger partial charge is 0.497 e. The molecule has 2 aromatic carbocycles. The summed E-state index contributed by atoms with van der Waals surface area (Å²) in [6, 6.07) is 15.5. The van der Waals surface area contributed by atoms with E-state index in [9.17, 15) is 4.79 Å². The molecule has 0 saturated heterocycles. The maximum absolute atomic E-state index is 12.9. The number of alkyl halides is 1. The molecule has 4 heteroatoms. The van der Waals surface area contributed by atoms with Gasteiger partial charge in [0.05, 0.1) is 14.2 Å². The minimum atomic E-state index is -0.0975. The molecule has 0 amide bonds. The number of benzene rings is 2. The summed E-state index contributed by atoms with van der Waals surface area (Å²) in [6.07, 6.45) is 0.520. The molecule has 26 heavy (non-hydrogen) atoms. The van der Waals surface area contributed by atoms with Crippen LogP contribution >= 0.6 is 11.6 Å². The fourth-order valence-corrected chi connectivity index (χ4v) is 3.03. The van der Waals surface area contributed by atoms with Gasteiger partial charge >= 0.3 is 0 Å². The van der Waals surface area contributed by atoms with Crippen LogP contribution in [-0.2, 0) is 4.79 Å². The summed E-state index contributed by atoms with van der Waals surface area (Å²) in [5.74, 6) is 1.96. The van der Waals surface area contributed by atoms with E-state index in [2.05, 4.69) is 0 Å². The van der Waals surface area contributed by atoms with Crippen molar-refractivity contribution >= 4 is 23.0 Å². The topological polar surface area (TPSA) is 35.5 Å². The lowest BCUT2D eigenvalue weighted by Crippen LogP contribution is -2.13. The fourth-order valence-electron chi connectivity index (χ4n) is 2.84. The van der Waals surface area contributed by atoms with Crippen LogP contribution in [0.1, 0.15) is 31.4 Å². The number of hydrogen-bond donors (Lipinski definition) is 0. The van der Waals surface area contributed by atoms with Gasteiger partial charge < -0.3 is 9.47 Å². The molecule has 0 aliphatic carbocycles. The minimum absolute atomic E-state index is 0.0975. The average molecular weight is 373 g/mol. The number of halogens is 1. The molecule has 0 N–H and O–H groups in total. The van der Waals surface area contributed by atoms with Crippen molar-refractivity contribution in [3.63, 3.8) is 0 Å². The first-order valence-electron chi connectivity index (χ1n) is 8.64. The third-order valence-electron chi connectivity index (χ3n) is 4.23. The summed E-state index contributed by atoms with van der Waals surface area (Å²) in [6.45, 7) is 3.83. The van der Waals surface area contributed by atoms with Gasteiger partial charge in [0.1, 0.15) is 11.5 Å². The fraction of sp³-hybridized carbons (Fsp3) is 0.318. The maximum Gasteiger partial charge on any atom is 0.162 e. The molecular weight excluding hydrogens is 348 g/mol. The Morgan fingerprint density at radius 3 is 1.62 bits per heavy atom. The van der Waals surface area contributed by atoms with E-state index in [1.54, 1.807) is 14.2 Å². The van der Waals surface area contributed by atoms with Crippen LogP contribution < -0.4 is 9.47 Å². The minimum Gasteiger partial charge on any atom is -0.497 e. The summed E-state index contributed by atoms with van der Waals surface area (Å²) in [4.78, 5) is 12.9. The Kier molecular flexibility index (Phi) is 7.28. The Balaban J connectivity index is 2.68. The highest BCUT2D eigenvalue weighted by Crippen LogP contribution is 2.32. The van der Waals surface area contributed by atoms with E-state index in [1.165, 1.54) is 0 Å². The third kappa shape index (κ3) is 4.67. The standard InChI is InChI=1S/C22H25ClO3/c1-15(2)22(24)20(13-14-23)21(16-5-9-18(25-3)10-6-16)17-7-11-19(26-4)12-8-17/h5-12,15H,13-14H2,1-4H3. The number of ether oxygens (including phenoxy) is 2. The van der Waals surface area contributed by atoms with Gasteiger partial charge in [0.25, 0.3) is 0 Å². The molecule has 2 rings (SSSR count). The first-order valence-corrected chi connectivity index (χ1v) is 9.17. The molecule has 0 aliphatic heterocycles. The second-order valence-electron chi connectivity index (χ2n) is 6.27. The van der Waals surface area contributed by atoms with Crippen molar-refractivity contribution in [2.24, 2.45) is 5.92 Å². The summed E-state index contributed by atoms with van der Waals surface area (Å²) in [7, 11) is 3.27. The molecule has 0 unspecified atom stereocenters. The van der Waals surface area contributed by atoms with E-state index >= 15 is 0 Å². The van der Waals surface area contributed by atoms with Gasteiger partial charge in [-0.1, -0.05) is 38.1 Å². The van der Waals surface area contributed by atoms with E-state index in [1.807, 2.05) is 62.4 Å². The van der Waals surface area contributed by atoms with Gasteiger partial charge in [-0.25, -0.2) is 0 Å². The van der Waals surface area contributed by atoms with Gasteiger partial charge in [0.2, 0.25) is 0 Å². The van der Waals surface area contributed by atoms with Gasteiger partial charge in [0.15, 0.2) is 5.78 Å². The molecule has 3 nitrogen and oxygen atoms in total. The van der Waals surface area contributed by atoms with Gasteiger partial charge in [0, 0.05) is 17.4 Å². The Hall–Kier alpha value is -2.26. The van der Waals surface area contributed by atoms with Crippen molar-refractivity contribution in [2.45, 2.75) is 20.3 Å². The number of ketones is 1. The molecule has 0 heterocycles. The lowest BCUT2D eigenvalue weighted by Gasteiger charge is -2.17. The van der Waals surface area contributed by atoms with Gasteiger partial charge in [-0.3, -0.25) is 4.79 Å². The number of methoxy groups -OCH3 is 2. The highest BCUT2D eigenvalue weighted by Gasteiger charge is 2.20. The number of rotatable bonds is 8. The van der Waals surface area contributed by atoms with Crippen molar-refractivity contribution in [2.75, 3.05) is 20.1 Å². The van der Waals surface area contributed by atoms with Crippen LogP contribution in [0.4, 0.5) is 0 Å². The highest BCUT2D eigenvalue weighted by atomic mass is 35.5. The SMILES string of the molecule is COc1ccc(C(=C(CCCl)C(=O)C(C)C)c2ccc(OC)cc2)cc1. The van der Waals surface area contributed by atoms with Crippen molar-refractivity contribution in [3.8, 4) is 11.5 Å². The zero-order valence-electron chi connectivity index (χ0n) is 15.7. The number of Topliss-reactive ketones (excluding diaryl/α,β-unsaturated/α-hetero) is 1. The molecule has 0 bridgehead atoms. The van der Waals surface area contributed by atoms with E-state index in [4.69, 9.17) is 21.1 Å². The lowest BCUT2D eigenvalue weighted by atomic mass is 9.87. The molecule has 0 spiro atoms. The molecule has 0 atom stereocenters. The summed E-state index contributed by atoms with van der Waals surface area (Å²) >= 11 is 6.03. The number of allylic oxidation sites excluding steroid dienone is 1. The van der Waals surface area contributed by atoms with Gasteiger partial charge in [-0.15, -0.1) is 11.6 Å². The highest BCUT2D eigenvalue weighted by molar-refractivity contribution is 6.19. The second kappa shape index (κ2) is 9.44.